The molecule has 0 atom stereocenters. The Hall–Kier alpha value is 0.0500. The molecule has 0 bridgehead atoms. The molecule has 1 aromatic heterocycles. The molecule has 0 amide bonds. The van der Waals surface area contributed by atoms with E-state index >= 15 is 0 Å². The van der Waals surface area contributed by atoms with Crippen molar-refractivity contribution in [1.82, 2.24) is 4.72 Å². The van der Waals surface area contributed by atoms with Crippen molar-refractivity contribution in [3.05, 3.63) is 15.9 Å². The Labute approximate surface area is 114 Å². The summed E-state index contributed by atoms with van der Waals surface area (Å²) in [5.74, 6) is 0. The first kappa shape index (κ1) is 13.5. The van der Waals surface area contributed by atoms with Crippen LogP contribution in [-0.2, 0) is 14.8 Å². The molecule has 1 saturated heterocycles. The highest BCUT2D eigenvalue weighted by molar-refractivity contribution is 9.11. The van der Waals surface area contributed by atoms with E-state index in [1.165, 1.54) is 11.3 Å². The first-order chi connectivity index (χ1) is 7.91. The molecule has 0 spiro atoms. The molecule has 2 heterocycles. The lowest BCUT2D eigenvalue weighted by molar-refractivity contribution is 0.0538. The van der Waals surface area contributed by atoms with Gasteiger partial charge in [0.1, 0.15) is 4.21 Å². The average molecular weight is 340 g/mol. The Morgan fingerprint density at radius 1 is 1.41 bits per heavy atom. The number of halogens is 1. The molecule has 17 heavy (non-hydrogen) atoms. The van der Waals surface area contributed by atoms with E-state index in [0.29, 0.717) is 30.3 Å². The van der Waals surface area contributed by atoms with Gasteiger partial charge in [-0.15, -0.1) is 11.3 Å². The number of rotatable bonds is 3. The van der Waals surface area contributed by atoms with Crippen LogP contribution >= 0.6 is 27.3 Å². The van der Waals surface area contributed by atoms with Crippen molar-refractivity contribution < 1.29 is 13.2 Å². The Kier molecular flexibility index (Phi) is 3.94. The highest BCUT2D eigenvalue weighted by Gasteiger charge is 2.33. The molecular formula is C10H14BrNO3S2. The van der Waals surface area contributed by atoms with Gasteiger partial charge in [-0.3, -0.25) is 0 Å². The second-order valence-corrected chi connectivity index (χ2v) is 8.71. The summed E-state index contributed by atoms with van der Waals surface area (Å²) in [6, 6.07) is 3.35. The summed E-state index contributed by atoms with van der Waals surface area (Å²) >= 11 is 4.49. The van der Waals surface area contributed by atoms with E-state index < -0.39 is 15.6 Å². The van der Waals surface area contributed by atoms with Crippen LogP contribution in [0.2, 0.25) is 0 Å². The second-order valence-electron chi connectivity index (χ2n) is 4.34. The van der Waals surface area contributed by atoms with Crippen molar-refractivity contribution in [3.8, 4) is 0 Å². The Morgan fingerprint density at radius 2 is 2.06 bits per heavy atom. The van der Waals surface area contributed by atoms with E-state index in [-0.39, 0.29) is 0 Å². The van der Waals surface area contributed by atoms with Gasteiger partial charge in [-0.05, 0) is 47.8 Å². The molecule has 4 nitrogen and oxygen atoms in total. The third-order valence-electron chi connectivity index (χ3n) is 2.79. The summed E-state index contributed by atoms with van der Waals surface area (Å²) in [6.45, 7) is 3.13. The molecule has 1 N–H and O–H groups in total. The average Bonchev–Trinajstić information content (AvgIpc) is 2.65. The zero-order valence-corrected chi connectivity index (χ0v) is 12.6. The first-order valence-electron chi connectivity index (χ1n) is 5.28. The Balaban J connectivity index is 2.17. The predicted octanol–water partition coefficient (Wildman–Crippen LogP) is 2.36. The largest absolute Gasteiger partial charge is 0.381 e. The molecular weight excluding hydrogens is 326 g/mol. The number of ether oxygens (including phenoxy) is 1. The molecule has 1 aromatic rings. The standard InChI is InChI=1S/C10H14BrNO3S2/c1-10(4-6-15-7-5-10)12-17(13,14)9-3-2-8(11)16-9/h2-3,12H,4-7H2,1H3. The summed E-state index contributed by atoms with van der Waals surface area (Å²) in [5.41, 5.74) is -0.395. The zero-order chi connectivity index (χ0) is 12.5. The molecule has 0 aliphatic carbocycles. The summed E-state index contributed by atoms with van der Waals surface area (Å²) in [7, 11) is -3.41. The fourth-order valence-corrected chi connectivity index (χ4v) is 5.22. The van der Waals surface area contributed by atoms with E-state index in [1.54, 1.807) is 12.1 Å². The quantitative estimate of drug-likeness (QED) is 0.919. The topological polar surface area (TPSA) is 55.4 Å². The molecule has 7 heteroatoms. The lowest BCUT2D eigenvalue weighted by Gasteiger charge is -2.33. The van der Waals surface area contributed by atoms with Gasteiger partial charge >= 0.3 is 0 Å². The van der Waals surface area contributed by atoms with Crippen molar-refractivity contribution in [2.45, 2.75) is 29.5 Å². The maximum Gasteiger partial charge on any atom is 0.250 e. The van der Waals surface area contributed by atoms with Gasteiger partial charge in [0.25, 0.3) is 10.0 Å². The van der Waals surface area contributed by atoms with Crippen LogP contribution in [0.15, 0.2) is 20.1 Å². The van der Waals surface area contributed by atoms with Gasteiger partial charge in [0.05, 0.1) is 3.79 Å². The van der Waals surface area contributed by atoms with Crippen molar-refractivity contribution in [3.63, 3.8) is 0 Å². The lowest BCUT2D eigenvalue weighted by atomic mass is 9.94. The Morgan fingerprint density at radius 3 is 2.59 bits per heavy atom. The fraction of sp³-hybridized carbons (Fsp3) is 0.600. The smallest absolute Gasteiger partial charge is 0.250 e. The van der Waals surface area contributed by atoms with Crippen LogP contribution in [0.5, 0.6) is 0 Å². The minimum atomic E-state index is -3.41. The van der Waals surface area contributed by atoms with Gasteiger partial charge in [-0.2, -0.15) is 0 Å². The van der Waals surface area contributed by atoms with Crippen molar-refractivity contribution in [2.75, 3.05) is 13.2 Å². The maximum absolute atomic E-state index is 12.2. The maximum atomic E-state index is 12.2. The van der Waals surface area contributed by atoms with Gasteiger partial charge in [0.2, 0.25) is 0 Å². The van der Waals surface area contributed by atoms with Crippen molar-refractivity contribution in [1.29, 1.82) is 0 Å². The molecule has 1 aliphatic heterocycles. The van der Waals surface area contributed by atoms with E-state index in [1.807, 2.05) is 6.92 Å². The third-order valence-corrected chi connectivity index (χ3v) is 6.54. The number of nitrogens with one attached hydrogen (secondary N) is 1. The summed E-state index contributed by atoms with van der Waals surface area (Å²) in [6.07, 6.45) is 1.41. The van der Waals surface area contributed by atoms with E-state index in [0.717, 1.165) is 3.79 Å². The lowest BCUT2D eigenvalue weighted by Crippen LogP contribution is -2.49. The van der Waals surface area contributed by atoms with E-state index in [9.17, 15) is 8.42 Å². The number of hydrogen-bond acceptors (Lipinski definition) is 4. The normalized spacial score (nSPS) is 20.4. The summed E-state index contributed by atoms with van der Waals surface area (Å²) in [5, 5.41) is 0. The van der Waals surface area contributed by atoms with Crippen LogP contribution < -0.4 is 4.72 Å². The van der Waals surface area contributed by atoms with Crippen LogP contribution in [0, 0.1) is 0 Å². The monoisotopic (exact) mass is 339 g/mol. The number of sulfonamides is 1. The van der Waals surface area contributed by atoms with Gasteiger partial charge in [-0.1, -0.05) is 0 Å². The highest BCUT2D eigenvalue weighted by atomic mass is 79.9. The van der Waals surface area contributed by atoms with E-state index in [4.69, 9.17) is 4.74 Å². The number of hydrogen-bond donors (Lipinski definition) is 1. The first-order valence-corrected chi connectivity index (χ1v) is 8.38. The van der Waals surface area contributed by atoms with Crippen molar-refractivity contribution >= 4 is 37.3 Å². The van der Waals surface area contributed by atoms with Crippen molar-refractivity contribution in [2.24, 2.45) is 0 Å². The third kappa shape index (κ3) is 3.29. The minimum Gasteiger partial charge on any atom is -0.381 e. The van der Waals surface area contributed by atoms with E-state index in [2.05, 4.69) is 20.7 Å². The van der Waals surface area contributed by atoms with Crippen LogP contribution in [0.4, 0.5) is 0 Å². The Bertz CT molecular complexity index is 491. The van der Waals surface area contributed by atoms with Crippen LogP contribution in [0.3, 0.4) is 0 Å². The molecule has 96 valence electrons. The second kappa shape index (κ2) is 4.97. The van der Waals surface area contributed by atoms with Crippen LogP contribution in [-0.4, -0.2) is 27.2 Å². The zero-order valence-electron chi connectivity index (χ0n) is 9.40. The molecule has 0 unspecified atom stereocenters. The molecule has 0 aromatic carbocycles. The predicted molar refractivity (Wildman–Crippen MR) is 70.8 cm³/mol. The molecule has 1 fully saturated rings. The number of thiophene rings is 1. The van der Waals surface area contributed by atoms with Gasteiger partial charge in [0, 0.05) is 18.8 Å². The SMILES string of the molecule is CC1(NS(=O)(=O)c2ccc(Br)s2)CCOCC1. The molecule has 0 saturated carbocycles. The summed E-state index contributed by atoms with van der Waals surface area (Å²) in [4.78, 5) is 0. The fourth-order valence-electron chi connectivity index (χ4n) is 1.74. The summed E-state index contributed by atoms with van der Waals surface area (Å²) < 4.78 is 33.5. The highest BCUT2D eigenvalue weighted by Crippen LogP contribution is 2.28. The minimum absolute atomic E-state index is 0.345. The van der Waals surface area contributed by atoms with Gasteiger partial charge in [0.15, 0.2) is 0 Å². The van der Waals surface area contributed by atoms with Crippen LogP contribution in [0.1, 0.15) is 19.8 Å². The molecule has 1 aliphatic rings. The molecule has 2 rings (SSSR count). The molecule has 0 radical (unpaired) electrons. The van der Waals surface area contributed by atoms with Gasteiger partial charge < -0.3 is 4.74 Å². The van der Waals surface area contributed by atoms with Crippen LogP contribution in [0.25, 0.3) is 0 Å². The van der Waals surface area contributed by atoms with Gasteiger partial charge in [-0.25, -0.2) is 13.1 Å².